The molecule has 0 radical (unpaired) electrons. The van der Waals surface area contributed by atoms with Crippen LogP contribution < -0.4 is 5.14 Å². The highest BCUT2D eigenvalue weighted by Gasteiger charge is 2.14. The molecule has 6 heteroatoms. The topological polar surface area (TPSA) is 60.2 Å². The van der Waals surface area contributed by atoms with Gasteiger partial charge in [0.1, 0.15) is 5.82 Å². The fourth-order valence-electron chi connectivity index (χ4n) is 0.935. The van der Waals surface area contributed by atoms with E-state index in [9.17, 15) is 12.8 Å². The fourth-order valence-corrected chi connectivity index (χ4v) is 1.95. The van der Waals surface area contributed by atoms with E-state index in [-0.39, 0.29) is 15.5 Å². The van der Waals surface area contributed by atoms with Crippen LogP contribution >= 0.6 is 11.6 Å². The van der Waals surface area contributed by atoms with Gasteiger partial charge in [0.05, 0.1) is 9.92 Å². The largest absolute Gasteiger partial charge is 0.238 e. The summed E-state index contributed by atoms with van der Waals surface area (Å²) in [5.74, 6) is -0.661. The van der Waals surface area contributed by atoms with Gasteiger partial charge in [0.25, 0.3) is 0 Å². The van der Waals surface area contributed by atoms with Crippen LogP contribution in [0.1, 0.15) is 5.56 Å². The molecule has 1 rings (SSSR count). The van der Waals surface area contributed by atoms with Crippen molar-refractivity contribution in [2.45, 2.75) is 11.8 Å². The monoisotopic (exact) mass is 223 g/mol. The third-order valence-corrected chi connectivity index (χ3v) is 2.87. The van der Waals surface area contributed by atoms with E-state index in [1.165, 1.54) is 6.92 Å². The van der Waals surface area contributed by atoms with Gasteiger partial charge in [-0.3, -0.25) is 0 Å². The van der Waals surface area contributed by atoms with Gasteiger partial charge in [-0.15, -0.1) is 0 Å². The Balaban J connectivity index is 3.50. The van der Waals surface area contributed by atoms with E-state index in [0.29, 0.717) is 0 Å². The average molecular weight is 224 g/mol. The van der Waals surface area contributed by atoms with Crippen molar-refractivity contribution in [2.24, 2.45) is 5.14 Å². The summed E-state index contributed by atoms with van der Waals surface area (Å²) in [5, 5.41) is 4.61. The van der Waals surface area contributed by atoms with Gasteiger partial charge in [-0.05, 0) is 24.6 Å². The van der Waals surface area contributed by atoms with Crippen molar-refractivity contribution in [3.63, 3.8) is 0 Å². The van der Waals surface area contributed by atoms with Crippen LogP contribution in [0.15, 0.2) is 17.0 Å². The number of halogens is 2. The number of hydrogen-bond acceptors (Lipinski definition) is 2. The first-order chi connectivity index (χ1) is 5.82. The van der Waals surface area contributed by atoms with E-state index < -0.39 is 15.8 Å². The highest BCUT2D eigenvalue weighted by molar-refractivity contribution is 7.89. The Morgan fingerprint density at radius 3 is 2.46 bits per heavy atom. The molecule has 1 aromatic rings. The molecule has 13 heavy (non-hydrogen) atoms. The highest BCUT2D eigenvalue weighted by Crippen LogP contribution is 2.22. The molecule has 1 aromatic carbocycles. The fraction of sp³-hybridized carbons (Fsp3) is 0.143. The summed E-state index contributed by atoms with van der Waals surface area (Å²) in [6.07, 6.45) is 0. The molecule has 0 aliphatic carbocycles. The second-order valence-electron chi connectivity index (χ2n) is 2.58. The van der Waals surface area contributed by atoms with Crippen molar-refractivity contribution in [3.05, 3.63) is 28.5 Å². The van der Waals surface area contributed by atoms with Crippen molar-refractivity contribution in [1.82, 2.24) is 0 Å². The molecule has 0 saturated carbocycles. The quantitative estimate of drug-likeness (QED) is 0.783. The molecule has 72 valence electrons. The van der Waals surface area contributed by atoms with E-state index >= 15 is 0 Å². The smallest absolute Gasteiger partial charge is 0.225 e. The number of rotatable bonds is 1. The molecule has 0 saturated heterocycles. The molecule has 0 spiro atoms. The minimum atomic E-state index is -3.82. The van der Waals surface area contributed by atoms with Crippen molar-refractivity contribution < 1.29 is 12.8 Å². The number of benzene rings is 1. The molecule has 0 amide bonds. The standard InChI is InChI=1S/C7H7ClFNO2S/c1-4-2-6(9)5(8)3-7(4)13(10,11)12/h2-3H,1H3,(H2,10,11,12). The summed E-state index contributed by atoms with van der Waals surface area (Å²) >= 11 is 5.40. The first-order valence-electron chi connectivity index (χ1n) is 3.31. The molecular formula is C7H7ClFNO2S. The second-order valence-corrected chi connectivity index (χ2v) is 4.51. The number of sulfonamides is 1. The Morgan fingerprint density at radius 2 is 2.00 bits per heavy atom. The molecule has 0 unspecified atom stereocenters. The van der Waals surface area contributed by atoms with Crippen LogP contribution in [0, 0.1) is 12.7 Å². The molecule has 0 aliphatic rings. The predicted molar refractivity (Wildman–Crippen MR) is 47.5 cm³/mol. The lowest BCUT2D eigenvalue weighted by atomic mass is 10.2. The van der Waals surface area contributed by atoms with Gasteiger partial charge in [0.2, 0.25) is 10.0 Å². The Hall–Kier alpha value is -0.650. The second kappa shape index (κ2) is 3.25. The maximum Gasteiger partial charge on any atom is 0.238 e. The number of aryl methyl sites for hydroxylation is 1. The van der Waals surface area contributed by atoms with E-state index in [0.717, 1.165) is 12.1 Å². The Labute approximate surface area is 80.4 Å². The van der Waals surface area contributed by atoms with Gasteiger partial charge < -0.3 is 0 Å². The molecule has 0 bridgehead atoms. The van der Waals surface area contributed by atoms with E-state index in [4.69, 9.17) is 16.7 Å². The van der Waals surface area contributed by atoms with Crippen LogP contribution in [-0.4, -0.2) is 8.42 Å². The molecule has 0 heterocycles. The van der Waals surface area contributed by atoms with Crippen LogP contribution in [0.2, 0.25) is 5.02 Å². The van der Waals surface area contributed by atoms with Crippen LogP contribution in [0.5, 0.6) is 0 Å². The Morgan fingerprint density at radius 1 is 1.46 bits per heavy atom. The van der Waals surface area contributed by atoms with Gasteiger partial charge >= 0.3 is 0 Å². The molecule has 0 fully saturated rings. The average Bonchev–Trinajstić information content (AvgIpc) is 1.94. The lowest BCUT2D eigenvalue weighted by molar-refractivity contribution is 0.595. The van der Waals surface area contributed by atoms with Gasteiger partial charge in [-0.1, -0.05) is 11.6 Å². The van der Waals surface area contributed by atoms with Crippen LogP contribution in [0.3, 0.4) is 0 Å². The third-order valence-electron chi connectivity index (χ3n) is 1.52. The molecule has 0 aromatic heterocycles. The number of primary sulfonamides is 1. The van der Waals surface area contributed by atoms with Gasteiger partial charge in [-0.2, -0.15) is 0 Å². The maximum atomic E-state index is 12.8. The molecule has 0 atom stereocenters. The van der Waals surface area contributed by atoms with E-state index in [2.05, 4.69) is 0 Å². The Bertz CT molecular complexity index is 444. The zero-order valence-electron chi connectivity index (χ0n) is 6.71. The zero-order chi connectivity index (χ0) is 10.2. The van der Waals surface area contributed by atoms with Gasteiger partial charge in [-0.25, -0.2) is 17.9 Å². The predicted octanol–water partition coefficient (Wildman–Crippen LogP) is 1.43. The van der Waals surface area contributed by atoms with Crippen molar-refractivity contribution in [2.75, 3.05) is 0 Å². The van der Waals surface area contributed by atoms with Crippen LogP contribution in [0.25, 0.3) is 0 Å². The van der Waals surface area contributed by atoms with Crippen LogP contribution in [-0.2, 0) is 10.0 Å². The summed E-state index contributed by atoms with van der Waals surface area (Å²) in [7, 11) is -3.82. The van der Waals surface area contributed by atoms with Crippen molar-refractivity contribution in [3.8, 4) is 0 Å². The van der Waals surface area contributed by atoms with Crippen LogP contribution in [0.4, 0.5) is 4.39 Å². The van der Waals surface area contributed by atoms with Crippen molar-refractivity contribution in [1.29, 1.82) is 0 Å². The summed E-state index contributed by atoms with van der Waals surface area (Å²) in [5.41, 5.74) is 0.240. The zero-order valence-corrected chi connectivity index (χ0v) is 8.29. The minimum Gasteiger partial charge on any atom is -0.225 e. The molecular weight excluding hydrogens is 217 g/mol. The first kappa shape index (κ1) is 10.4. The number of nitrogens with two attached hydrogens (primary N) is 1. The summed E-state index contributed by atoms with van der Waals surface area (Å²) < 4.78 is 34.6. The lowest BCUT2D eigenvalue weighted by Gasteiger charge is -2.03. The molecule has 3 nitrogen and oxygen atoms in total. The summed E-state index contributed by atoms with van der Waals surface area (Å²) in [4.78, 5) is -0.154. The third kappa shape index (κ3) is 2.18. The van der Waals surface area contributed by atoms with Gasteiger partial charge in [0, 0.05) is 0 Å². The summed E-state index contributed by atoms with van der Waals surface area (Å²) in [6, 6.07) is 2.03. The van der Waals surface area contributed by atoms with E-state index in [1.54, 1.807) is 0 Å². The normalized spacial score (nSPS) is 11.7. The van der Waals surface area contributed by atoms with Crippen molar-refractivity contribution >= 4 is 21.6 Å². The summed E-state index contributed by atoms with van der Waals surface area (Å²) in [6.45, 7) is 1.44. The molecule has 0 aliphatic heterocycles. The van der Waals surface area contributed by atoms with Gasteiger partial charge in [0.15, 0.2) is 0 Å². The number of hydrogen-bond donors (Lipinski definition) is 1. The Kier molecular flexibility index (Phi) is 2.61. The lowest BCUT2D eigenvalue weighted by Crippen LogP contribution is -2.13. The SMILES string of the molecule is Cc1cc(F)c(Cl)cc1S(N)(=O)=O. The molecule has 2 N–H and O–H groups in total. The maximum absolute atomic E-state index is 12.8. The van der Waals surface area contributed by atoms with E-state index in [1.807, 2.05) is 0 Å². The highest BCUT2D eigenvalue weighted by atomic mass is 35.5. The minimum absolute atomic E-state index is 0.154. The first-order valence-corrected chi connectivity index (χ1v) is 5.23.